The van der Waals surface area contributed by atoms with Crippen LogP contribution in [-0.4, -0.2) is 22.5 Å². The van der Waals surface area contributed by atoms with Gasteiger partial charge in [-0.3, -0.25) is 0 Å². The van der Waals surface area contributed by atoms with Crippen LogP contribution in [0.3, 0.4) is 0 Å². The lowest BCUT2D eigenvalue weighted by Gasteiger charge is -2.24. The highest BCUT2D eigenvalue weighted by molar-refractivity contribution is 8.03. The van der Waals surface area contributed by atoms with Crippen LogP contribution in [0.25, 0.3) is 0 Å². The minimum Gasteiger partial charge on any atom is -0.161 e. The van der Waals surface area contributed by atoms with E-state index in [1.54, 1.807) is 0 Å². The van der Waals surface area contributed by atoms with Crippen LogP contribution in [0.4, 0.5) is 0 Å². The van der Waals surface area contributed by atoms with Crippen LogP contribution < -0.4 is 0 Å². The van der Waals surface area contributed by atoms with E-state index in [9.17, 15) is 0 Å². The van der Waals surface area contributed by atoms with Gasteiger partial charge in [-0.1, -0.05) is 13.3 Å². The molecule has 0 N–H and O–H groups in total. The van der Waals surface area contributed by atoms with Crippen LogP contribution in [0, 0.1) is 0 Å². The molecule has 2 heteroatoms. The molecule has 1 rings (SSSR count). The zero-order chi connectivity index (χ0) is 7.23. The summed E-state index contributed by atoms with van der Waals surface area (Å²) in [5.41, 5.74) is 0. The Bertz CT molecular complexity index is 79.3. The Morgan fingerprint density at radius 3 is 2.60 bits per heavy atom. The molecule has 0 aromatic heterocycles. The molecule has 1 aliphatic carbocycles. The quantitative estimate of drug-likeness (QED) is 0.591. The summed E-state index contributed by atoms with van der Waals surface area (Å²) < 4.78 is 0. The van der Waals surface area contributed by atoms with E-state index in [2.05, 4.69) is 30.4 Å². The summed E-state index contributed by atoms with van der Waals surface area (Å²) in [6.45, 7) is 2.23. The van der Waals surface area contributed by atoms with Gasteiger partial charge in [-0.05, 0) is 18.6 Å². The fourth-order valence-electron chi connectivity index (χ4n) is 0.955. The summed E-state index contributed by atoms with van der Waals surface area (Å²) in [5, 5.41) is 1.04. The van der Waals surface area contributed by atoms with Crippen LogP contribution >= 0.6 is 23.5 Å². The molecule has 0 aromatic carbocycles. The summed E-state index contributed by atoms with van der Waals surface area (Å²) >= 11 is 4.25. The maximum Gasteiger partial charge on any atom is 0.00473 e. The van der Waals surface area contributed by atoms with Gasteiger partial charge in [0.2, 0.25) is 0 Å². The first-order valence-electron chi connectivity index (χ1n) is 4.13. The van der Waals surface area contributed by atoms with Crippen molar-refractivity contribution in [1.29, 1.82) is 0 Å². The number of hydrogen-bond acceptors (Lipinski definition) is 2. The van der Waals surface area contributed by atoms with Crippen molar-refractivity contribution in [3.8, 4) is 0 Å². The van der Waals surface area contributed by atoms with E-state index in [-0.39, 0.29) is 0 Å². The van der Waals surface area contributed by atoms with E-state index in [4.69, 9.17) is 0 Å². The third kappa shape index (κ3) is 3.20. The van der Waals surface area contributed by atoms with Gasteiger partial charge in [0.1, 0.15) is 0 Å². The molecule has 0 bridgehead atoms. The predicted molar refractivity (Wildman–Crippen MR) is 53.1 cm³/mol. The van der Waals surface area contributed by atoms with Gasteiger partial charge in [-0.2, -0.15) is 23.5 Å². The van der Waals surface area contributed by atoms with Crippen LogP contribution in [0.15, 0.2) is 0 Å². The molecule has 60 valence electrons. The SMILES string of the molecule is CCSCCSC1CCC1. The molecule has 1 saturated carbocycles. The third-order valence-electron chi connectivity index (χ3n) is 1.84. The zero-order valence-electron chi connectivity index (χ0n) is 6.64. The van der Waals surface area contributed by atoms with Gasteiger partial charge in [0.25, 0.3) is 0 Å². The normalized spacial score (nSPS) is 18.9. The van der Waals surface area contributed by atoms with E-state index in [1.807, 2.05) is 0 Å². The highest BCUT2D eigenvalue weighted by atomic mass is 32.2. The number of hydrogen-bond donors (Lipinski definition) is 0. The monoisotopic (exact) mass is 176 g/mol. The molecule has 0 nitrogen and oxygen atoms in total. The van der Waals surface area contributed by atoms with Crippen molar-refractivity contribution in [2.75, 3.05) is 17.3 Å². The molecule has 0 radical (unpaired) electrons. The average Bonchev–Trinajstić information content (AvgIpc) is 1.84. The molecule has 0 spiro atoms. The van der Waals surface area contributed by atoms with Gasteiger partial charge in [0.05, 0.1) is 0 Å². The number of rotatable bonds is 5. The minimum atomic E-state index is 1.04. The molecule has 0 amide bonds. The first kappa shape index (κ1) is 8.79. The second-order valence-electron chi connectivity index (χ2n) is 2.62. The summed E-state index contributed by atoms with van der Waals surface area (Å²) in [4.78, 5) is 0. The smallest absolute Gasteiger partial charge is 0.00473 e. The first-order valence-corrected chi connectivity index (χ1v) is 6.33. The molecule has 0 aromatic rings. The Balaban J connectivity index is 1.76. The van der Waals surface area contributed by atoms with E-state index in [1.165, 1.54) is 36.5 Å². The Morgan fingerprint density at radius 1 is 1.30 bits per heavy atom. The highest BCUT2D eigenvalue weighted by Crippen LogP contribution is 2.31. The molecule has 1 aliphatic rings. The molecule has 10 heavy (non-hydrogen) atoms. The van der Waals surface area contributed by atoms with Crippen molar-refractivity contribution in [2.45, 2.75) is 31.4 Å². The Kier molecular flexibility index (Phi) is 4.72. The fourth-order valence-corrected chi connectivity index (χ4v) is 3.10. The van der Waals surface area contributed by atoms with Crippen molar-refractivity contribution in [2.24, 2.45) is 0 Å². The number of thioether (sulfide) groups is 2. The summed E-state index contributed by atoms with van der Waals surface area (Å²) in [6, 6.07) is 0. The van der Waals surface area contributed by atoms with Crippen LogP contribution in [-0.2, 0) is 0 Å². The van der Waals surface area contributed by atoms with Crippen LogP contribution in [0.2, 0.25) is 0 Å². The second-order valence-corrected chi connectivity index (χ2v) is 5.42. The van der Waals surface area contributed by atoms with Crippen molar-refractivity contribution in [3.05, 3.63) is 0 Å². The summed E-state index contributed by atoms with van der Waals surface area (Å²) in [6.07, 6.45) is 4.46. The second kappa shape index (κ2) is 5.36. The lowest BCUT2D eigenvalue weighted by Crippen LogP contribution is -2.13. The molecular formula is C8H16S2. The topological polar surface area (TPSA) is 0 Å². The fraction of sp³-hybridized carbons (Fsp3) is 1.00. The van der Waals surface area contributed by atoms with E-state index < -0.39 is 0 Å². The van der Waals surface area contributed by atoms with Crippen LogP contribution in [0.1, 0.15) is 26.2 Å². The van der Waals surface area contributed by atoms with Gasteiger partial charge >= 0.3 is 0 Å². The zero-order valence-corrected chi connectivity index (χ0v) is 8.27. The van der Waals surface area contributed by atoms with Gasteiger partial charge in [0.15, 0.2) is 0 Å². The van der Waals surface area contributed by atoms with Gasteiger partial charge in [-0.25, -0.2) is 0 Å². The molecule has 0 atom stereocenters. The maximum atomic E-state index is 2.23. The third-order valence-corrected chi connectivity index (χ3v) is 4.38. The lowest BCUT2D eigenvalue weighted by atomic mass is 10.0. The summed E-state index contributed by atoms with van der Waals surface area (Å²) in [5.74, 6) is 4.02. The van der Waals surface area contributed by atoms with Crippen molar-refractivity contribution < 1.29 is 0 Å². The van der Waals surface area contributed by atoms with Gasteiger partial charge in [-0.15, -0.1) is 0 Å². The first-order chi connectivity index (χ1) is 4.93. The average molecular weight is 176 g/mol. The van der Waals surface area contributed by atoms with Gasteiger partial charge < -0.3 is 0 Å². The Morgan fingerprint density at radius 2 is 2.10 bits per heavy atom. The molecule has 1 fully saturated rings. The van der Waals surface area contributed by atoms with E-state index in [0.717, 1.165) is 5.25 Å². The van der Waals surface area contributed by atoms with E-state index in [0.29, 0.717) is 0 Å². The Hall–Kier alpha value is 0.700. The maximum absolute atomic E-state index is 2.23. The Labute approximate surface area is 72.5 Å². The molecule has 0 heterocycles. The largest absolute Gasteiger partial charge is 0.161 e. The molecule has 0 aliphatic heterocycles. The van der Waals surface area contributed by atoms with Crippen molar-refractivity contribution in [1.82, 2.24) is 0 Å². The molecular weight excluding hydrogens is 160 g/mol. The highest BCUT2D eigenvalue weighted by Gasteiger charge is 2.16. The molecule has 0 unspecified atom stereocenters. The van der Waals surface area contributed by atoms with E-state index >= 15 is 0 Å². The van der Waals surface area contributed by atoms with Crippen LogP contribution in [0.5, 0.6) is 0 Å². The van der Waals surface area contributed by atoms with Gasteiger partial charge in [0, 0.05) is 16.8 Å². The van der Waals surface area contributed by atoms with Crippen molar-refractivity contribution >= 4 is 23.5 Å². The van der Waals surface area contributed by atoms with Crippen molar-refractivity contribution in [3.63, 3.8) is 0 Å². The molecule has 0 saturated heterocycles. The standard InChI is InChI=1S/C8H16S2/c1-2-9-6-7-10-8-4-3-5-8/h8H,2-7H2,1H3. The summed E-state index contributed by atoms with van der Waals surface area (Å²) in [7, 11) is 0. The lowest BCUT2D eigenvalue weighted by molar-refractivity contribution is 0.522. The predicted octanol–water partition coefficient (Wildman–Crippen LogP) is 3.03. The minimum absolute atomic E-state index is 1.04.